The molecule has 0 spiro atoms. The minimum Gasteiger partial charge on any atom is -0.444 e. The third kappa shape index (κ3) is 4.47. The Hall–Kier alpha value is -2.57. The molecule has 0 bridgehead atoms. The van der Waals surface area contributed by atoms with Crippen molar-refractivity contribution in [1.29, 1.82) is 0 Å². The molecule has 1 heterocycles. The summed E-state index contributed by atoms with van der Waals surface area (Å²) in [6.07, 6.45) is -0.450. The lowest BCUT2D eigenvalue weighted by molar-refractivity contribution is -0.122. The first-order valence-corrected chi connectivity index (χ1v) is 7.82. The van der Waals surface area contributed by atoms with E-state index in [2.05, 4.69) is 5.32 Å². The molecule has 3 amide bonds. The Labute approximate surface area is 141 Å². The maximum Gasteiger partial charge on any atom is 0.410 e. The van der Waals surface area contributed by atoms with Gasteiger partial charge in [-0.25, -0.2) is 4.79 Å². The van der Waals surface area contributed by atoms with Crippen molar-refractivity contribution in [1.82, 2.24) is 4.90 Å². The van der Waals surface area contributed by atoms with Crippen molar-refractivity contribution in [3.05, 3.63) is 30.3 Å². The highest BCUT2D eigenvalue weighted by Gasteiger charge is 2.43. The van der Waals surface area contributed by atoms with Gasteiger partial charge in [-0.2, -0.15) is 0 Å². The topological polar surface area (TPSA) is 102 Å². The van der Waals surface area contributed by atoms with Crippen LogP contribution in [0.3, 0.4) is 0 Å². The number of hydrogen-bond acceptors (Lipinski definition) is 4. The smallest absolute Gasteiger partial charge is 0.410 e. The Balaban J connectivity index is 2.07. The molecule has 130 valence electrons. The molecule has 0 radical (unpaired) electrons. The first-order chi connectivity index (χ1) is 11.2. The zero-order chi connectivity index (χ0) is 17.9. The van der Waals surface area contributed by atoms with E-state index >= 15 is 0 Å². The van der Waals surface area contributed by atoms with Crippen LogP contribution in [0.2, 0.25) is 0 Å². The molecule has 2 atom stereocenters. The van der Waals surface area contributed by atoms with Gasteiger partial charge in [0.25, 0.3) is 0 Å². The van der Waals surface area contributed by atoms with Crippen LogP contribution in [-0.2, 0) is 14.3 Å². The number of ether oxygens (including phenoxy) is 1. The molecule has 1 saturated heterocycles. The van der Waals surface area contributed by atoms with Crippen LogP contribution in [0.4, 0.5) is 10.5 Å². The number of carbonyl (C=O) groups is 3. The fourth-order valence-electron chi connectivity index (χ4n) is 2.58. The standard InChI is InChI=1S/C17H23N3O4/c1-17(2,3)24-16(23)20-10-11(9-13(20)14(18)21)15(22)19-12-7-5-4-6-8-12/h4-8,11,13H,9-10H2,1-3H3,(H2,18,21)(H,19,22). The molecule has 3 N–H and O–H groups in total. The molecule has 1 aliphatic rings. The summed E-state index contributed by atoms with van der Waals surface area (Å²) in [6.45, 7) is 5.31. The average Bonchev–Trinajstić information content (AvgIpc) is 2.92. The van der Waals surface area contributed by atoms with E-state index in [0.717, 1.165) is 0 Å². The Morgan fingerprint density at radius 2 is 1.83 bits per heavy atom. The predicted molar refractivity (Wildman–Crippen MR) is 89.1 cm³/mol. The lowest BCUT2D eigenvalue weighted by atomic mass is 10.0. The lowest BCUT2D eigenvalue weighted by Gasteiger charge is -2.27. The molecule has 1 fully saturated rings. The second-order valence-corrected chi connectivity index (χ2v) is 6.84. The fraction of sp³-hybridized carbons (Fsp3) is 0.471. The monoisotopic (exact) mass is 333 g/mol. The van der Waals surface area contributed by atoms with Gasteiger partial charge >= 0.3 is 6.09 Å². The van der Waals surface area contributed by atoms with Gasteiger partial charge in [0.15, 0.2) is 0 Å². The molecule has 0 aliphatic carbocycles. The van der Waals surface area contributed by atoms with E-state index in [1.807, 2.05) is 18.2 Å². The van der Waals surface area contributed by atoms with Gasteiger partial charge in [0, 0.05) is 12.2 Å². The normalized spacial score (nSPS) is 20.5. The van der Waals surface area contributed by atoms with Crippen LogP contribution in [0.25, 0.3) is 0 Å². The van der Waals surface area contributed by atoms with E-state index in [-0.39, 0.29) is 18.9 Å². The number of likely N-dealkylation sites (tertiary alicyclic amines) is 1. The first kappa shape index (κ1) is 17.8. The number of nitrogens with one attached hydrogen (secondary N) is 1. The van der Waals surface area contributed by atoms with E-state index in [1.165, 1.54) is 4.90 Å². The molecule has 1 aromatic carbocycles. The van der Waals surface area contributed by atoms with Gasteiger partial charge in [-0.15, -0.1) is 0 Å². The summed E-state index contributed by atoms with van der Waals surface area (Å²) in [5.41, 5.74) is 5.35. The van der Waals surface area contributed by atoms with Crippen molar-refractivity contribution < 1.29 is 19.1 Å². The largest absolute Gasteiger partial charge is 0.444 e. The summed E-state index contributed by atoms with van der Waals surface area (Å²) in [5.74, 6) is -1.41. The second kappa shape index (κ2) is 6.90. The maximum absolute atomic E-state index is 12.4. The maximum atomic E-state index is 12.4. The summed E-state index contributed by atoms with van der Waals surface area (Å²) in [6, 6.07) is 8.16. The number of amides is 3. The Bertz CT molecular complexity index is 624. The minimum absolute atomic E-state index is 0.0984. The van der Waals surface area contributed by atoms with Gasteiger partial charge in [-0.3, -0.25) is 14.5 Å². The van der Waals surface area contributed by atoms with Gasteiger partial charge < -0.3 is 15.8 Å². The third-order valence-electron chi connectivity index (χ3n) is 3.67. The number of primary amides is 1. The highest BCUT2D eigenvalue weighted by atomic mass is 16.6. The summed E-state index contributed by atoms with van der Waals surface area (Å²) < 4.78 is 5.30. The zero-order valence-corrected chi connectivity index (χ0v) is 14.1. The average molecular weight is 333 g/mol. The minimum atomic E-state index is -0.841. The molecule has 7 nitrogen and oxygen atoms in total. The van der Waals surface area contributed by atoms with Crippen LogP contribution < -0.4 is 11.1 Å². The number of carbonyl (C=O) groups excluding carboxylic acids is 3. The van der Waals surface area contributed by atoms with Crippen LogP contribution >= 0.6 is 0 Å². The van der Waals surface area contributed by atoms with Gasteiger partial charge in [0.1, 0.15) is 11.6 Å². The molecule has 0 aromatic heterocycles. The summed E-state index contributed by atoms with van der Waals surface area (Å²) in [5, 5.41) is 2.78. The first-order valence-electron chi connectivity index (χ1n) is 7.82. The van der Waals surface area contributed by atoms with Crippen LogP contribution in [0.15, 0.2) is 30.3 Å². The summed E-state index contributed by atoms with van der Waals surface area (Å²) in [7, 11) is 0. The third-order valence-corrected chi connectivity index (χ3v) is 3.67. The summed E-state index contributed by atoms with van der Waals surface area (Å²) in [4.78, 5) is 37.5. The lowest BCUT2D eigenvalue weighted by Crippen LogP contribution is -2.45. The van der Waals surface area contributed by atoms with Gasteiger partial charge in [0.2, 0.25) is 11.8 Å². The SMILES string of the molecule is CC(C)(C)OC(=O)N1CC(C(=O)Nc2ccccc2)CC1C(N)=O. The van der Waals surface area contributed by atoms with E-state index in [9.17, 15) is 14.4 Å². The van der Waals surface area contributed by atoms with Crippen molar-refractivity contribution in [3.8, 4) is 0 Å². The van der Waals surface area contributed by atoms with Crippen molar-refractivity contribution in [2.75, 3.05) is 11.9 Å². The number of anilines is 1. The number of benzene rings is 1. The molecular formula is C17H23N3O4. The number of nitrogens with zero attached hydrogens (tertiary/aromatic N) is 1. The number of para-hydroxylation sites is 1. The number of nitrogens with two attached hydrogens (primary N) is 1. The van der Waals surface area contributed by atoms with Gasteiger partial charge in [-0.1, -0.05) is 18.2 Å². The molecule has 1 aliphatic heterocycles. The Morgan fingerprint density at radius 1 is 1.21 bits per heavy atom. The number of rotatable bonds is 3. The van der Waals surface area contributed by atoms with E-state index in [4.69, 9.17) is 10.5 Å². The molecule has 0 saturated carbocycles. The quantitative estimate of drug-likeness (QED) is 0.879. The molecule has 2 unspecified atom stereocenters. The van der Waals surface area contributed by atoms with Gasteiger partial charge in [-0.05, 0) is 39.3 Å². The molecule has 1 aromatic rings. The van der Waals surface area contributed by atoms with Crippen LogP contribution in [0.5, 0.6) is 0 Å². The Kier molecular flexibility index (Phi) is 5.11. The molecule has 2 rings (SSSR count). The second-order valence-electron chi connectivity index (χ2n) is 6.84. The molecule has 24 heavy (non-hydrogen) atoms. The summed E-state index contributed by atoms with van der Waals surface area (Å²) >= 11 is 0. The van der Waals surface area contributed by atoms with Crippen LogP contribution in [-0.4, -0.2) is 41.0 Å². The van der Waals surface area contributed by atoms with E-state index in [0.29, 0.717) is 5.69 Å². The van der Waals surface area contributed by atoms with Gasteiger partial charge in [0.05, 0.1) is 5.92 Å². The van der Waals surface area contributed by atoms with Crippen molar-refractivity contribution in [3.63, 3.8) is 0 Å². The van der Waals surface area contributed by atoms with Crippen molar-refractivity contribution >= 4 is 23.6 Å². The highest BCUT2D eigenvalue weighted by molar-refractivity contribution is 5.95. The Morgan fingerprint density at radius 3 is 2.38 bits per heavy atom. The van der Waals surface area contributed by atoms with Crippen molar-refractivity contribution in [2.24, 2.45) is 11.7 Å². The predicted octanol–water partition coefficient (Wildman–Crippen LogP) is 1.74. The van der Waals surface area contributed by atoms with E-state index < -0.39 is 29.6 Å². The van der Waals surface area contributed by atoms with Crippen LogP contribution in [0.1, 0.15) is 27.2 Å². The van der Waals surface area contributed by atoms with Crippen LogP contribution in [0, 0.1) is 5.92 Å². The number of hydrogen-bond donors (Lipinski definition) is 2. The fourth-order valence-corrected chi connectivity index (χ4v) is 2.58. The zero-order valence-electron chi connectivity index (χ0n) is 14.1. The molecular weight excluding hydrogens is 310 g/mol. The van der Waals surface area contributed by atoms with E-state index in [1.54, 1.807) is 32.9 Å². The molecule has 7 heteroatoms. The highest BCUT2D eigenvalue weighted by Crippen LogP contribution is 2.26. The van der Waals surface area contributed by atoms with Crippen molar-refractivity contribution in [2.45, 2.75) is 38.8 Å².